The average Bonchev–Trinajstić information content (AvgIpc) is 1.85. The van der Waals surface area contributed by atoms with Gasteiger partial charge in [0.25, 0.3) is 5.98 Å². The van der Waals surface area contributed by atoms with Crippen molar-refractivity contribution in [3.8, 4) is 0 Å². The predicted octanol–water partition coefficient (Wildman–Crippen LogP) is 0.776. The van der Waals surface area contributed by atoms with Gasteiger partial charge in [0.2, 0.25) is 0 Å². The number of hydrogen-bond acceptors (Lipinski definition) is 3. The molecule has 1 aliphatic heterocycles. The van der Waals surface area contributed by atoms with Crippen molar-refractivity contribution in [3.05, 3.63) is 0 Å². The van der Waals surface area contributed by atoms with E-state index >= 15 is 0 Å². The van der Waals surface area contributed by atoms with Crippen LogP contribution in [0.5, 0.6) is 0 Å². The van der Waals surface area contributed by atoms with Crippen molar-refractivity contribution in [2.45, 2.75) is 19.3 Å². The van der Waals surface area contributed by atoms with Gasteiger partial charge in [-0.1, -0.05) is 0 Å². The van der Waals surface area contributed by atoms with Crippen LogP contribution in [0.2, 0.25) is 0 Å². The van der Waals surface area contributed by atoms with Crippen LogP contribution in [0.15, 0.2) is 0 Å². The average molecular weight is 163 g/mol. The van der Waals surface area contributed by atoms with Gasteiger partial charge in [-0.3, -0.25) is 5.32 Å². The lowest BCUT2D eigenvalue weighted by Crippen LogP contribution is -2.54. The zero-order valence-corrected chi connectivity index (χ0v) is 6.22. The summed E-state index contributed by atoms with van der Waals surface area (Å²) in [5, 5.41) is 1.94. The molecule has 1 unspecified atom stereocenters. The van der Waals surface area contributed by atoms with Crippen LogP contribution < -0.4 is 5.32 Å². The monoisotopic (exact) mass is 163 g/mol. The molecule has 4 nitrogen and oxygen atoms in total. The molecule has 0 aromatic heterocycles. The summed E-state index contributed by atoms with van der Waals surface area (Å²) in [5.41, 5.74) is 0. The van der Waals surface area contributed by atoms with E-state index in [0.717, 1.165) is 0 Å². The van der Waals surface area contributed by atoms with E-state index < -0.39 is 12.1 Å². The molecule has 64 valence electrons. The molecule has 5 heteroatoms. The summed E-state index contributed by atoms with van der Waals surface area (Å²) in [4.78, 5) is 10.6. The molecule has 11 heavy (non-hydrogen) atoms. The summed E-state index contributed by atoms with van der Waals surface area (Å²) in [7, 11) is 0. The van der Waals surface area contributed by atoms with Crippen molar-refractivity contribution < 1.29 is 18.7 Å². The highest BCUT2D eigenvalue weighted by Gasteiger charge is 2.40. The Morgan fingerprint density at radius 1 is 1.91 bits per heavy atom. The Morgan fingerprint density at radius 3 is 2.91 bits per heavy atom. The number of halogens is 1. The van der Waals surface area contributed by atoms with E-state index in [1.807, 2.05) is 5.32 Å². The number of carbonyl (C=O) groups is 1. The number of alkyl carbamates (subject to hydrolysis) is 1. The third-order valence-electron chi connectivity index (χ3n) is 1.32. The minimum absolute atomic E-state index is 0.186. The van der Waals surface area contributed by atoms with Gasteiger partial charge in [0.15, 0.2) is 0 Å². The normalized spacial score (nSPS) is 28.9. The molecule has 1 aliphatic rings. The smallest absolute Gasteiger partial charge is 0.411 e. The Bertz CT molecular complexity index is 158. The number of nitrogens with one attached hydrogen (secondary N) is 1. The Morgan fingerprint density at radius 2 is 2.55 bits per heavy atom. The van der Waals surface area contributed by atoms with Gasteiger partial charge in [-0.15, -0.1) is 0 Å². The number of alkyl halides is 1. The number of ether oxygens (including phenoxy) is 2. The molecule has 0 saturated carbocycles. The number of rotatable bonds is 2. The predicted molar refractivity (Wildman–Crippen MR) is 34.6 cm³/mol. The SMILES string of the molecule is CCOC(=O)NC1(F)CCO1. The lowest BCUT2D eigenvalue weighted by atomic mass is 10.3. The van der Waals surface area contributed by atoms with Gasteiger partial charge < -0.3 is 9.47 Å². The van der Waals surface area contributed by atoms with Gasteiger partial charge in [-0.25, -0.2) is 4.79 Å². The van der Waals surface area contributed by atoms with Crippen molar-refractivity contribution in [3.63, 3.8) is 0 Å². The summed E-state index contributed by atoms with van der Waals surface area (Å²) in [6.07, 6.45) is -0.596. The summed E-state index contributed by atoms with van der Waals surface area (Å²) < 4.78 is 21.7. The zero-order valence-electron chi connectivity index (χ0n) is 6.22. The highest BCUT2D eigenvalue weighted by atomic mass is 19.2. The first-order valence-electron chi connectivity index (χ1n) is 3.44. The van der Waals surface area contributed by atoms with E-state index in [1.165, 1.54) is 0 Å². The van der Waals surface area contributed by atoms with Crippen molar-refractivity contribution in [2.24, 2.45) is 0 Å². The third kappa shape index (κ3) is 2.04. The second kappa shape index (κ2) is 3.04. The fourth-order valence-electron chi connectivity index (χ4n) is 0.699. The molecule has 0 aromatic carbocycles. The van der Waals surface area contributed by atoms with E-state index in [2.05, 4.69) is 9.47 Å². The van der Waals surface area contributed by atoms with E-state index in [-0.39, 0.29) is 13.0 Å². The van der Waals surface area contributed by atoms with Gasteiger partial charge in [-0.2, -0.15) is 4.39 Å². The molecule has 1 heterocycles. The number of amides is 1. The maximum absolute atomic E-state index is 12.8. The summed E-state index contributed by atoms with van der Waals surface area (Å²) in [6.45, 7) is 2.21. The van der Waals surface area contributed by atoms with Crippen molar-refractivity contribution in [1.29, 1.82) is 0 Å². The molecule has 0 radical (unpaired) electrons. The van der Waals surface area contributed by atoms with Gasteiger partial charge >= 0.3 is 6.09 Å². The Hall–Kier alpha value is -0.840. The minimum Gasteiger partial charge on any atom is -0.450 e. The van der Waals surface area contributed by atoms with Crippen LogP contribution in [0.25, 0.3) is 0 Å². The second-order valence-electron chi connectivity index (χ2n) is 2.17. The van der Waals surface area contributed by atoms with Gasteiger partial charge in [0.1, 0.15) is 0 Å². The molecule has 0 aromatic rings. The summed E-state index contributed by atoms with van der Waals surface area (Å²) in [6, 6.07) is 0. The van der Waals surface area contributed by atoms with Crippen molar-refractivity contribution in [1.82, 2.24) is 5.32 Å². The molecule has 1 saturated heterocycles. The van der Waals surface area contributed by atoms with E-state index in [4.69, 9.17) is 0 Å². The lowest BCUT2D eigenvalue weighted by molar-refractivity contribution is -0.246. The van der Waals surface area contributed by atoms with Gasteiger partial charge in [0, 0.05) is 0 Å². The highest BCUT2D eigenvalue weighted by molar-refractivity contribution is 5.67. The van der Waals surface area contributed by atoms with E-state index in [1.54, 1.807) is 6.92 Å². The fraction of sp³-hybridized carbons (Fsp3) is 0.833. The lowest BCUT2D eigenvalue weighted by Gasteiger charge is -2.33. The zero-order chi connectivity index (χ0) is 8.32. The van der Waals surface area contributed by atoms with Crippen LogP contribution in [0.3, 0.4) is 0 Å². The van der Waals surface area contributed by atoms with E-state index in [9.17, 15) is 9.18 Å². The fourth-order valence-corrected chi connectivity index (χ4v) is 0.699. The van der Waals surface area contributed by atoms with Crippen LogP contribution in [0.4, 0.5) is 9.18 Å². The quantitative estimate of drug-likeness (QED) is 0.612. The third-order valence-corrected chi connectivity index (χ3v) is 1.32. The Labute approximate surface area is 63.7 Å². The molecule has 0 spiro atoms. The Balaban J connectivity index is 2.23. The molecular formula is C6H10FNO3. The maximum atomic E-state index is 12.8. The second-order valence-corrected chi connectivity index (χ2v) is 2.17. The van der Waals surface area contributed by atoms with Gasteiger partial charge in [0.05, 0.1) is 19.6 Å². The maximum Gasteiger partial charge on any atom is 0.411 e. The highest BCUT2D eigenvalue weighted by Crippen LogP contribution is 2.24. The molecule has 0 aliphatic carbocycles. The molecule has 1 rings (SSSR count). The largest absolute Gasteiger partial charge is 0.450 e. The molecule has 1 fully saturated rings. The first-order valence-corrected chi connectivity index (χ1v) is 3.44. The molecule has 0 bridgehead atoms. The summed E-state index contributed by atoms with van der Waals surface area (Å²) >= 11 is 0. The number of hydrogen-bond donors (Lipinski definition) is 1. The molecule has 1 atom stereocenters. The molecule has 1 amide bonds. The number of carbonyl (C=O) groups excluding carboxylic acids is 1. The van der Waals surface area contributed by atoms with Gasteiger partial charge in [-0.05, 0) is 6.92 Å². The first-order chi connectivity index (χ1) is 5.16. The van der Waals surface area contributed by atoms with Crippen LogP contribution in [-0.4, -0.2) is 25.3 Å². The van der Waals surface area contributed by atoms with Crippen molar-refractivity contribution >= 4 is 6.09 Å². The van der Waals surface area contributed by atoms with Crippen LogP contribution in [0.1, 0.15) is 13.3 Å². The van der Waals surface area contributed by atoms with Crippen LogP contribution >= 0.6 is 0 Å². The standard InChI is InChI=1S/C6H10FNO3/c1-2-10-5(9)8-6(7)3-4-11-6/h2-4H2,1H3,(H,8,9). The first kappa shape index (κ1) is 8.26. The Kier molecular flexibility index (Phi) is 2.28. The molecule has 1 N–H and O–H groups in total. The van der Waals surface area contributed by atoms with Crippen LogP contribution in [0, 0.1) is 0 Å². The summed E-state index contributed by atoms with van der Waals surface area (Å²) in [5.74, 6) is -1.98. The minimum atomic E-state index is -1.98. The molecular weight excluding hydrogens is 153 g/mol. The van der Waals surface area contributed by atoms with Crippen molar-refractivity contribution in [2.75, 3.05) is 13.2 Å². The van der Waals surface area contributed by atoms with E-state index in [0.29, 0.717) is 6.61 Å². The topological polar surface area (TPSA) is 47.6 Å². The van der Waals surface area contributed by atoms with Crippen LogP contribution in [-0.2, 0) is 9.47 Å².